The SMILES string of the molecule is COCCNC(=O)CCNc1ncnc(Cl)c1Br. The van der Waals surface area contributed by atoms with E-state index in [9.17, 15) is 4.79 Å². The summed E-state index contributed by atoms with van der Waals surface area (Å²) in [5, 5.41) is 6.05. The molecule has 1 rings (SSSR count). The highest BCUT2D eigenvalue weighted by atomic mass is 79.9. The number of nitrogens with zero attached hydrogens (tertiary/aromatic N) is 2. The van der Waals surface area contributed by atoms with Crippen molar-refractivity contribution in [3.8, 4) is 0 Å². The molecule has 100 valence electrons. The third-order valence-electron chi connectivity index (χ3n) is 2.02. The Bertz CT molecular complexity index is 405. The van der Waals surface area contributed by atoms with E-state index in [2.05, 4.69) is 36.5 Å². The second-order valence-electron chi connectivity index (χ2n) is 3.35. The maximum Gasteiger partial charge on any atom is 0.221 e. The number of ether oxygens (including phenoxy) is 1. The quantitative estimate of drug-likeness (QED) is 0.582. The summed E-state index contributed by atoms with van der Waals surface area (Å²) in [4.78, 5) is 19.2. The zero-order valence-electron chi connectivity index (χ0n) is 9.87. The first-order valence-electron chi connectivity index (χ1n) is 5.30. The number of carbonyl (C=O) groups excluding carboxylic acids is 1. The number of hydrogen-bond donors (Lipinski definition) is 2. The average Bonchev–Trinajstić information content (AvgIpc) is 2.35. The number of methoxy groups -OCH3 is 1. The van der Waals surface area contributed by atoms with Gasteiger partial charge in [-0.1, -0.05) is 11.6 Å². The van der Waals surface area contributed by atoms with Crippen molar-refractivity contribution in [1.29, 1.82) is 0 Å². The molecule has 2 N–H and O–H groups in total. The number of anilines is 1. The second-order valence-corrected chi connectivity index (χ2v) is 4.50. The molecule has 1 aromatic heterocycles. The van der Waals surface area contributed by atoms with Gasteiger partial charge in [0.15, 0.2) is 0 Å². The molecule has 0 saturated carbocycles. The van der Waals surface area contributed by atoms with E-state index in [0.717, 1.165) is 0 Å². The number of rotatable bonds is 7. The molecule has 0 saturated heterocycles. The van der Waals surface area contributed by atoms with Crippen molar-refractivity contribution in [3.63, 3.8) is 0 Å². The van der Waals surface area contributed by atoms with Crippen LogP contribution in [0.5, 0.6) is 0 Å². The summed E-state index contributed by atoms with van der Waals surface area (Å²) >= 11 is 9.07. The summed E-state index contributed by atoms with van der Waals surface area (Å²) in [5.74, 6) is 0.524. The Balaban J connectivity index is 2.29. The Morgan fingerprint density at radius 3 is 3.00 bits per heavy atom. The van der Waals surface area contributed by atoms with Gasteiger partial charge >= 0.3 is 0 Å². The average molecular weight is 338 g/mol. The normalized spacial score (nSPS) is 10.2. The number of hydrogen-bond acceptors (Lipinski definition) is 5. The van der Waals surface area contributed by atoms with Gasteiger partial charge in [0.2, 0.25) is 5.91 Å². The number of nitrogens with one attached hydrogen (secondary N) is 2. The third kappa shape index (κ3) is 5.16. The fourth-order valence-corrected chi connectivity index (χ4v) is 1.62. The molecule has 0 bridgehead atoms. The number of amides is 1. The molecule has 1 aromatic rings. The summed E-state index contributed by atoms with van der Waals surface area (Å²) < 4.78 is 5.42. The van der Waals surface area contributed by atoms with Gasteiger partial charge in [-0.25, -0.2) is 9.97 Å². The first kappa shape index (κ1) is 15.1. The predicted molar refractivity (Wildman–Crippen MR) is 72.7 cm³/mol. The highest BCUT2D eigenvalue weighted by molar-refractivity contribution is 9.10. The third-order valence-corrected chi connectivity index (χ3v) is 3.29. The van der Waals surface area contributed by atoms with Gasteiger partial charge in [-0.2, -0.15) is 0 Å². The van der Waals surface area contributed by atoms with Crippen LogP contribution in [0.4, 0.5) is 5.82 Å². The van der Waals surface area contributed by atoms with Gasteiger partial charge in [0.25, 0.3) is 0 Å². The highest BCUT2D eigenvalue weighted by Gasteiger charge is 2.06. The molecule has 0 spiro atoms. The molecule has 0 aliphatic carbocycles. The van der Waals surface area contributed by atoms with Crippen LogP contribution in [0.2, 0.25) is 5.15 Å². The van der Waals surface area contributed by atoms with Crippen LogP contribution >= 0.6 is 27.5 Å². The van der Waals surface area contributed by atoms with E-state index in [1.807, 2.05) is 0 Å². The molecule has 1 amide bonds. The van der Waals surface area contributed by atoms with Crippen LogP contribution in [-0.2, 0) is 9.53 Å². The fraction of sp³-hybridized carbons (Fsp3) is 0.500. The van der Waals surface area contributed by atoms with Gasteiger partial charge < -0.3 is 15.4 Å². The van der Waals surface area contributed by atoms with E-state index in [1.165, 1.54) is 6.33 Å². The topological polar surface area (TPSA) is 76.1 Å². The van der Waals surface area contributed by atoms with E-state index < -0.39 is 0 Å². The molecule has 0 aliphatic heterocycles. The zero-order valence-corrected chi connectivity index (χ0v) is 12.2. The van der Waals surface area contributed by atoms with Crippen molar-refractivity contribution in [3.05, 3.63) is 16.0 Å². The molecule has 18 heavy (non-hydrogen) atoms. The van der Waals surface area contributed by atoms with Gasteiger partial charge in [0.05, 0.1) is 11.1 Å². The van der Waals surface area contributed by atoms with Crippen molar-refractivity contribution in [2.45, 2.75) is 6.42 Å². The summed E-state index contributed by atoms with van der Waals surface area (Å²) in [6.45, 7) is 1.48. The van der Waals surface area contributed by atoms with Crippen molar-refractivity contribution in [2.24, 2.45) is 0 Å². The lowest BCUT2D eigenvalue weighted by atomic mass is 10.4. The van der Waals surface area contributed by atoms with E-state index >= 15 is 0 Å². The van der Waals surface area contributed by atoms with Crippen LogP contribution in [0, 0.1) is 0 Å². The van der Waals surface area contributed by atoms with Crippen LogP contribution in [0.3, 0.4) is 0 Å². The molecule has 0 unspecified atom stereocenters. The number of aromatic nitrogens is 2. The van der Waals surface area contributed by atoms with Gasteiger partial charge in [0.1, 0.15) is 17.3 Å². The van der Waals surface area contributed by atoms with E-state index in [0.29, 0.717) is 41.6 Å². The summed E-state index contributed by atoms with van der Waals surface area (Å²) in [6.07, 6.45) is 1.70. The molecule has 0 atom stereocenters. The maximum atomic E-state index is 11.4. The lowest BCUT2D eigenvalue weighted by Gasteiger charge is -2.08. The second kappa shape index (κ2) is 8.23. The lowest BCUT2D eigenvalue weighted by Crippen LogP contribution is -2.28. The largest absolute Gasteiger partial charge is 0.383 e. The number of halogens is 2. The van der Waals surface area contributed by atoms with Crippen molar-refractivity contribution < 1.29 is 9.53 Å². The monoisotopic (exact) mass is 336 g/mol. The molecular formula is C10H14BrClN4O2. The van der Waals surface area contributed by atoms with E-state index in [-0.39, 0.29) is 5.91 Å². The van der Waals surface area contributed by atoms with Gasteiger partial charge in [0, 0.05) is 26.6 Å². The molecule has 6 nitrogen and oxygen atoms in total. The summed E-state index contributed by atoms with van der Waals surface area (Å²) in [5.41, 5.74) is 0. The van der Waals surface area contributed by atoms with E-state index in [4.69, 9.17) is 16.3 Å². The Hall–Kier alpha value is -0.920. The van der Waals surface area contributed by atoms with Crippen LogP contribution in [0.1, 0.15) is 6.42 Å². The van der Waals surface area contributed by atoms with Crippen LogP contribution < -0.4 is 10.6 Å². The smallest absolute Gasteiger partial charge is 0.221 e. The Morgan fingerprint density at radius 1 is 1.50 bits per heavy atom. The molecule has 8 heteroatoms. The minimum atomic E-state index is -0.0455. The van der Waals surface area contributed by atoms with Gasteiger partial charge in [-0.3, -0.25) is 4.79 Å². The molecule has 0 aliphatic rings. The predicted octanol–water partition coefficient (Wildman–Crippen LogP) is 1.46. The summed E-state index contributed by atoms with van der Waals surface area (Å²) in [6, 6.07) is 0. The standard InChI is InChI=1S/C10H14BrClN4O2/c1-18-5-4-13-7(17)2-3-14-10-8(11)9(12)15-6-16-10/h6H,2-5H2,1H3,(H,13,17)(H,14,15,16). The van der Waals surface area contributed by atoms with Gasteiger partial charge in [-0.15, -0.1) is 0 Å². The van der Waals surface area contributed by atoms with Crippen LogP contribution in [0.25, 0.3) is 0 Å². The molecule has 1 heterocycles. The lowest BCUT2D eigenvalue weighted by molar-refractivity contribution is -0.121. The van der Waals surface area contributed by atoms with Crippen LogP contribution in [-0.4, -0.2) is 42.7 Å². The Morgan fingerprint density at radius 2 is 2.28 bits per heavy atom. The summed E-state index contributed by atoms with van der Waals surface area (Å²) in [7, 11) is 1.59. The highest BCUT2D eigenvalue weighted by Crippen LogP contribution is 2.25. The molecule has 0 fully saturated rings. The first-order chi connectivity index (χ1) is 8.65. The van der Waals surface area contributed by atoms with Crippen molar-refractivity contribution in [1.82, 2.24) is 15.3 Å². The van der Waals surface area contributed by atoms with Crippen molar-refractivity contribution >= 4 is 39.3 Å². The molecule has 0 aromatic carbocycles. The van der Waals surface area contributed by atoms with E-state index in [1.54, 1.807) is 7.11 Å². The fourth-order valence-electron chi connectivity index (χ4n) is 1.15. The van der Waals surface area contributed by atoms with Crippen LogP contribution in [0.15, 0.2) is 10.8 Å². The molecule has 0 radical (unpaired) electrons. The Labute approximate surface area is 119 Å². The minimum absolute atomic E-state index is 0.0455. The first-order valence-corrected chi connectivity index (χ1v) is 6.47. The minimum Gasteiger partial charge on any atom is -0.383 e. The van der Waals surface area contributed by atoms with Crippen molar-refractivity contribution in [2.75, 3.05) is 32.1 Å². The molecular weight excluding hydrogens is 323 g/mol. The number of carbonyl (C=O) groups is 1. The van der Waals surface area contributed by atoms with Gasteiger partial charge in [-0.05, 0) is 15.9 Å². The Kier molecular flexibility index (Phi) is 6.92. The maximum absolute atomic E-state index is 11.4. The zero-order chi connectivity index (χ0) is 13.4.